The van der Waals surface area contributed by atoms with Gasteiger partial charge in [0.25, 0.3) is 0 Å². The van der Waals surface area contributed by atoms with E-state index >= 15 is 0 Å². The molecule has 0 saturated heterocycles. The third-order valence-electron chi connectivity index (χ3n) is 5.23. The molecule has 0 unspecified atom stereocenters. The zero-order valence-corrected chi connectivity index (χ0v) is 11.3. The summed E-state index contributed by atoms with van der Waals surface area (Å²) in [6.07, 6.45) is 9.63. The molecule has 3 rings (SSSR count). The molecule has 0 aliphatic heterocycles. The summed E-state index contributed by atoms with van der Waals surface area (Å²) in [6, 6.07) is 7.08. The van der Waals surface area contributed by atoms with E-state index in [1.807, 2.05) is 0 Å². The Labute approximate surface area is 105 Å². The van der Waals surface area contributed by atoms with E-state index in [4.69, 9.17) is 0 Å². The monoisotopic (exact) mass is 228 g/mol. The predicted molar refractivity (Wildman–Crippen MR) is 73.5 cm³/mol. The van der Waals surface area contributed by atoms with Gasteiger partial charge in [0.05, 0.1) is 0 Å². The molecule has 2 aliphatic carbocycles. The van der Waals surface area contributed by atoms with E-state index in [-0.39, 0.29) is 0 Å². The summed E-state index contributed by atoms with van der Waals surface area (Å²) in [4.78, 5) is 0. The Morgan fingerprint density at radius 3 is 3.00 bits per heavy atom. The van der Waals surface area contributed by atoms with Gasteiger partial charge < -0.3 is 0 Å². The summed E-state index contributed by atoms with van der Waals surface area (Å²) in [5.74, 6) is 0.864. The Morgan fingerprint density at radius 1 is 1.29 bits per heavy atom. The van der Waals surface area contributed by atoms with Gasteiger partial charge in [0, 0.05) is 0 Å². The van der Waals surface area contributed by atoms with E-state index in [0.29, 0.717) is 5.41 Å². The molecule has 0 heterocycles. The number of hydrogen-bond acceptors (Lipinski definition) is 0. The van der Waals surface area contributed by atoms with Gasteiger partial charge in [-0.05, 0) is 60.1 Å². The highest BCUT2D eigenvalue weighted by Gasteiger charge is 2.42. The van der Waals surface area contributed by atoms with Crippen LogP contribution < -0.4 is 0 Å². The molecule has 0 heteroatoms. The molecular formula is C17H24. The topological polar surface area (TPSA) is 0 Å². The predicted octanol–water partition coefficient (Wildman–Crippen LogP) is 4.86. The van der Waals surface area contributed by atoms with Crippen LogP contribution in [0.2, 0.25) is 0 Å². The van der Waals surface area contributed by atoms with E-state index in [2.05, 4.69) is 32.0 Å². The molecule has 1 fully saturated rings. The Balaban J connectivity index is 2.04. The highest BCUT2D eigenvalue weighted by molar-refractivity contribution is 5.41. The van der Waals surface area contributed by atoms with Crippen molar-refractivity contribution in [3.8, 4) is 0 Å². The van der Waals surface area contributed by atoms with Gasteiger partial charge in [-0.2, -0.15) is 0 Å². The molecule has 17 heavy (non-hydrogen) atoms. The van der Waals surface area contributed by atoms with Crippen molar-refractivity contribution in [3.05, 3.63) is 34.9 Å². The average molecular weight is 228 g/mol. The second-order valence-electron chi connectivity index (χ2n) is 6.33. The third kappa shape index (κ3) is 1.73. The summed E-state index contributed by atoms with van der Waals surface area (Å²) >= 11 is 0. The van der Waals surface area contributed by atoms with E-state index in [1.165, 1.54) is 44.9 Å². The Bertz CT molecular complexity index is 418. The van der Waals surface area contributed by atoms with Crippen LogP contribution in [-0.4, -0.2) is 0 Å². The standard InChI is InChI=1S/C17H24/c1-3-6-13-7-4-8-15-14(13)10-12-17(2)11-5-9-16(15)17/h4,7-8,16H,3,5-6,9-12H2,1-2H3/t16-,17-/m1/s1. The summed E-state index contributed by atoms with van der Waals surface area (Å²) in [7, 11) is 0. The van der Waals surface area contributed by atoms with Gasteiger partial charge in [-0.1, -0.05) is 44.9 Å². The van der Waals surface area contributed by atoms with Crippen molar-refractivity contribution < 1.29 is 0 Å². The highest BCUT2D eigenvalue weighted by atomic mass is 14.5. The normalized spacial score (nSPS) is 31.1. The lowest BCUT2D eigenvalue weighted by Crippen LogP contribution is -2.27. The Hall–Kier alpha value is -0.780. The number of hydrogen-bond donors (Lipinski definition) is 0. The smallest absolute Gasteiger partial charge is 0.0105 e. The molecule has 1 saturated carbocycles. The number of fused-ring (bicyclic) bond motifs is 3. The van der Waals surface area contributed by atoms with Crippen LogP contribution in [-0.2, 0) is 12.8 Å². The fourth-order valence-electron chi connectivity index (χ4n) is 4.26. The van der Waals surface area contributed by atoms with Gasteiger partial charge in [0.2, 0.25) is 0 Å². The largest absolute Gasteiger partial charge is 0.0651 e. The maximum atomic E-state index is 2.53. The fourth-order valence-corrected chi connectivity index (χ4v) is 4.26. The first-order valence-electron chi connectivity index (χ1n) is 7.35. The van der Waals surface area contributed by atoms with E-state index in [9.17, 15) is 0 Å². The van der Waals surface area contributed by atoms with Crippen molar-refractivity contribution in [1.82, 2.24) is 0 Å². The molecule has 1 aromatic rings. The van der Waals surface area contributed by atoms with E-state index < -0.39 is 0 Å². The van der Waals surface area contributed by atoms with Gasteiger partial charge in [0.15, 0.2) is 0 Å². The van der Waals surface area contributed by atoms with Gasteiger partial charge in [0.1, 0.15) is 0 Å². The van der Waals surface area contributed by atoms with Crippen LogP contribution in [0.4, 0.5) is 0 Å². The van der Waals surface area contributed by atoms with E-state index in [0.717, 1.165) is 5.92 Å². The first-order valence-corrected chi connectivity index (χ1v) is 7.35. The zero-order chi connectivity index (χ0) is 11.9. The first kappa shape index (κ1) is 11.3. The van der Waals surface area contributed by atoms with Crippen molar-refractivity contribution in [2.45, 2.75) is 64.7 Å². The van der Waals surface area contributed by atoms with Crippen molar-refractivity contribution in [2.24, 2.45) is 5.41 Å². The number of aryl methyl sites for hydroxylation is 1. The van der Waals surface area contributed by atoms with Crippen LogP contribution in [0.3, 0.4) is 0 Å². The SMILES string of the molecule is CCCc1cccc2c1CC[C@@]1(C)CCC[C@H]21. The number of benzene rings is 1. The van der Waals surface area contributed by atoms with Crippen LogP contribution in [0.15, 0.2) is 18.2 Å². The zero-order valence-electron chi connectivity index (χ0n) is 11.3. The van der Waals surface area contributed by atoms with Crippen LogP contribution in [0.5, 0.6) is 0 Å². The molecule has 2 aliphatic rings. The van der Waals surface area contributed by atoms with Crippen molar-refractivity contribution >= 4 is 0 Å². The molecule has 0 N–H and O–H groups in total. The summed E-state index contributed by atoms with van der Waals surface area (Å²) in [6.45, 7) is 4.82. The summed E-state index contributed by atoms with van der Waals surface area (Å²) in [5, 5.41) is 0. The molecule has 0 radical (unpaired) electrons. The number of rotatable bonds is 2. The van der Waals surface area contributed by atoms with Crippen molar-refractivity contribution in [2.75, 3.05) is 0 Å². The first-order chi connectivity index (χ1) is 8.24. The molecule has 1 aromatic carbocycles. The summed E-state index contributed by atoms with van der Waals surface area (Å²) < 4.78 is 0. The van der Waals surface area contributed by atoms with Crippen LogP contribution in [0.25, 0.3) is 0 Å². The van der Waals surface area contributed by atoms with E-state index in [1.54, 1.807) is 16.7 Å². The minimum absolute atomic E-state index is 0.623. The maximum absolute atomic E-state index is 2.53. The molecule has 0 bridgehead atoms. The van der Waals surface area contributed by atoms with Crippen molar-refractivity contribution in [1.29, 1.82) is 0 Å². The second kappa shape index (κ2) is 4.15. The Morgan fingerprint density at radius 2 is 2.18 bits per heavy atom. The molecule has 92 valence electrons. The molecule has 0 amide bonds. The van der Waals surface area contributed by atoms with Gasteiger partial charge in [-0.25, -0.2) is 0 Å². The lowest BCUT2D eigenvalue weighted by molar-refractivity contribution is 0.252. The highest BCUT2D eigenvalue weighted by Crippen LogP contribution is 2.55. The van der Waals surface area contributed by atoms with Crippen molar-refractivity contribution in [3.63, 3.8) is 0 Å². The van der Waals surface area contributed by atoms with Crippen LogP contribution in [0, 0.1) is 5.41 Å². The molecule has 2 atom stereocenters. The average Bonchev–Trinajstić information content (AvgIpc) is 2.72. The fraction of sp³-hybridized carbons (Fsp3) is 0.647. The van der Waals surface area contributed by atoms with Crippen LogP contribution in [0.1, 0.15) is 68.6 Å². The molecule has 0 nitrogen and oxygen atoms in total. The summed E-state index contributed by atoms with van der Waals surface area (Å²) in [5.41, 5.74) is 5.69. The molecular weight excluding hydrogens is 204 g/mol. The van der Waals surface area contributed by atoms with Gasteiger partial charge in [-0.3, -0.25) is 0 Å². The quantitative estimate of drug-likeness (QED) is 0.678. The second-order valence-corrected chi connectivity index (χ2v) is 6.33. The van der Waals surface area contributed by atoms with Crippen LogP contribution >= 0.6 is 0 Å². The Kier molecular flexibility index (Phi) is 2.77. The lowest BCUT2D eigenvalue weighted by Gasteiger charge is -2.38. The molecule has 0 aromatic heterocycles. The lowest BCUT2D eigenvalue weighted by atomic mass is 9.66. The molecule has 0 spiro atoms. The third-order valence-corrected chi connectivity index (χ3v) is 5.23. The minimum atomic E-state index is 0.623. The van der Waals surface area contributed by atoms with Gasteiger partial charge >= 0.3 is 0 Å². The van der Waals surface area contributed by atoms with Gasteiger partial charge in [-0.15, -0.1) is 0 Å². The minimum Gasteiger partial charge on any atom is -0.0651 e. The maximum Gasteiger partial charge on any atom is -0.0105 e.